The molecule has 146 valence electrons. The van der Waals surface area contributed by atoms with Gasteiger partial charge in [-0.2, -0.15) is 5.26 Å². The lowest BCUT2D eigenvalue weighted by atomic mass is 10.2. The highest BCUT2D eigenvalue weighted by atomic mass is 16.5. The highest BCUT2D eigenvalue weighted by Gasteiger charge is 2.21. The summed E-state index contributed by atoms with van der Waals surface area (Å²) in [6.45, 7) is 6.01. The van der Waals surface area contributed by atoms with Crippen molar-refractivity contribution in [3.8, 4) is 17.6 Å². The van der Waals surface area contributed by atoms with Crippen molar-refractivity contribution >= 4 is 17.6 Å². The summed E-state index contributed by atoms with van der Waals surface area (Å²) >= 11 is 0. The van der Waals surface area contributed by atoms with E-state index in [1.165, 1.54) is 13.0 Å². The van der Waals surface area contributed by atoms with Gasteiger partial charge in [0.1, 0.15) is 6.07 Å². The minimum absolute atomic E-state index is 0.240. The Kier molecular flexibility index (Phi) is 7.40. The van der Waals surface area contributed by atoms with Gasteiger partial charge in [-0.15, -0.1) is 0 Å². The van der Waals surface area contributed by atoms with Gasteiger partial charge in [-0.3, -0.25) is 4.79 Å². The molecule has 0 spiro atoms. The number of anilines is 1. The second-order valence-corrected chi connectivity index (χ2v) is 5.72. The molecule has 0 bridgehead atoms. The largest absolute Gasteiger partial charge is 0.490 e. The molecule has 0 aromatic heterocycles. The molecule has 7 heteroatoms. The molecule has 1 amide bonds. The summed E-state index contributed by atoms with van der Waals surface area (Å²) in [5, 5.41) is 11.7. The number of carbonyl (C=O) groups is 2. The van der Waals surface area contributed by atoms with Crippen molar-refractivity contribution in [3.05, 3.63) is 53.6 Å². The van der Waals surface area contributed by atoms with E-state index in [-0.39, 0.29) is 5.56 Å². The maximum Gasteiger partial charge on any atom is 0.339 e. The van der Waals surface area contributed by atoms with Gasteiger partial charge in [0.25, 0.3) is 5.91 Å². The predicted molar refractivity (Wildman–Crippen MR) is 103 cm³/mol. The van der Waals surface area contributed by atoms with Crippen molar-refractivity contribution in [1.29, 1.82) is 5.26 Å². The third-order valence-electron chi connectivity index (χ3n) is 3.74. The fourth-order valence-electron chi connectivity index (χ4n) is 2.38. The van der Waals surface area contributed by atoms with Crippen LogP contribution in [-0.2, 0) is 9.53 Å². The number of para-hydroxylation sites is 1. The van der Waals surface area contributed by atoms with Crippen LogP contribution in [0.1, 0.15) is 36.7 Å². The molecular formula is C21H22N2O5. The maximum absolute atomic E-state index is 12.4. The van der Waals surface area contributed by atoms with E-state index < -0.39 is 18.0 Å². The summed E-state index contributed by atoms with van der Waals surface area (Å²) in [7, 11) is 0. The third kappa shape index (κ3) is 5.24. The number of nitrogens with one attached hydrogen (secondary N) is 1. The minimum atomic E-state index is -1.05. The molecule has 0 aliphatic rings. The lowest BCUT2D eigenvalue weighted by Gasteiger charge is -2.15. The van der Waals surface area contributed by atoms with E-state index in [9.17, 15) is 9.59 Å². The molecule has 0 saturated heterocycles. The van der Waals surface area contributed by atoms with Crippen molar-refractivity contribution in [2.24, 2.45) is 0 Å². The minimum Gasteiger partial charge on any atom is -0.490 e. The van der Waals surface area contributed by atoms with Crippen LogP contribution >= 0.6 is 0 Å². The molecule has 0 aliphatic carbocycles. The topological polar surface area (TPSA) is 97.6 Å². The molecule has 0 radical (unpaired) electrons. The fourth-order valence-corrected chi connectivity index (χ4v) is 2.38. The van der Waals surface area contributed by atoms with Gasteiger partial charge in [0, 0.05) is 0 Å². The number of carbonyl (C=O) groups excluding carboxylic acids is 2. The molecule has 2 aromatic carbocycles. The summed E-state index contributed by atoms with van der Waals surface area (Å²) < 4.78 is 16.2. The van der Waals surface area contributed by atoms with Crippen LogP contribution in [0.4, 0.5) is 5.69 Å². The highest BCUT2D eigenvalue weighted by molar-refractivity contribution is 5.98. The Labute approximate surface area is 163 Å². The van der Waals surface area contributed by atoms with Crippen LogP contribution in [0, 0.1) is 11.3 Å². The smallest absolute Gasteiger partial charge is 0.339 e. The van der Waals surface area contributed by atoms with Gasteiger partial charge < -0.3 is 19.5 Å². The van der Waals surface area contributed by atoms with Crippen molar-refractivity contribution in [2.75, 3.05) is 18.5 Å². The molecule has 0 aliphatic heterocycles. The molecular weight excluding hydrogens is 360 g/mol. The number of benzene rings is 2. The Morgan fingerprint density at radius 1 is 1.07 bits per heavy atom. The summed E-state index contributed by atoms with van der Waals surface area (Å²) in [5.74, 6) is -0.245. The van der Waals surface area contributed by atoms with Crippen molar-refractivity contribution < 1.29 is 23.8 Å². The first-order chi connectivity index (χ1) is 13.5. The van der Waals surface area contributed by atoms with E-state index in [0.29, 0.717) is 36.0 Å². The van der Waals surface area contributed by atoms with Gasteiger partial charge in [0.15, 0.2) is 17.6 Å². The zero-order valence-corrected chi connectivity index (χ0v) is 16.0. The van der Waals surface area contributed by atoms with Crippen molar-refractivity contribution in [3.63, 3.8) is 0 Å². The van der Waals surface area contributed by atoms with Gasteiger partial charge in [-0.25, -0.2) is 4.79 Å². The van der Waals surface area contributed by atoms with E-state index in [1.807, 2.05) is 19.9 Å². The van der Waals surface area contributed by atoms with Gasteiger partial charge in [-0.1, -0.05) is 12.1 Å². The van der Waals surface area contributed by atoms with Crippen LogP contribution in [-0.4, -0.2) is 31.2 Å². The average molecular weight is 382 g/mol. The number of ether oxygens (including phenoxy) is 3. The number of rotatable bonds is 8. The van der Waals surface area contributed by atoms with Crippen LogP contribution in [0.5, 0.6) is 11.5 Å². The van der Waals surface area contributed by atoms with E-state index in [0.717, 1.165) is 0 Å². The van der Waals surface area contributed by atoms with Gasteiger partial charge in [0.2, 0.25) is 0 Å². The second-order valence-electron chi connectivity index (χ2n) is 5.72. The Bertz CT molecular complexity index is 889. The number of hydrogen-bond donors (Lipinski definition) is 1. The standard InChI is InChI=1S/C21H22N2O5/c1-4-26-18-11-10-15(12-19(18)27-5-2)21(25)28-14(3)20(24)23-17-9-7-6-8-16(17)13-22/h6-12,14H,4-5H2,1-3H3,(H,23,24)/t14-/m1/s1. The molecule has 0 saturated carbocycles. The van der Waals surface area contributed by atoms with Gasteiger partial charge in [-0.05, 0) is 51.1 Å². The molecule has 1 N–H and O–H groups in total. The summed E-state index contributed by atoms with van der Waals surface area (Å²) in [6, 6.07) is 13.3. The predicted octanol–water partition coefficient (Wildman–Crippen LogP) is 3.54. The Morgan fingerprint density at radius 2 is 1.75 bits per heavy atom. The van der Waals surface area contributed by atoms with E-state index in [2.05, 4.69) is 5.32 Å². The molecule has 7 nitrogen and oxygen atoms in total. The normalized spacial score (nSPS) is 11.1. The second kappa shape index (κ2) is 9.97. The number of amides is 1. The van der Waals surface area contributed by atoms with Crippen molar-refractivity contribution in [2.45, 2.75) is 26.9 Å². The molecule has 0 fully saturated rings. The lowest BCUT2D eigenvalue weighted by molar-refractivity contribution is -0.123. The SMILES string of the molecule is CCOc1ccc(C(=O)O[C@H](C)C(=O)Nc2ccccc2C#N)cc1OCC. The van der Waals surface area contributed by atoms with Gasteiger partial charge in [0.05, 0.1) is 30.0 Å². The van der Waals surface area contributed by atoms with Crippen LogP contribution in [0.2, 0.25) is 0 Å². The number of hydrogen-bond acceptors (Lipinski definition) is 6. The monoisotopic (exact) mass is 382 g/mol. The average Bonchev–Trinajstić information content (AvgIpc) is 2.69. The molecule has 28 heavy (non-hydrogen) atoms. The molecule has 2 aromatic rings. The zero-order chi connectivity index (χ0) is 20.5. The van der Waals surface area contributed by atoms with E-state index in [4.69, 9.17) is 19.5 Å². The molecule has 0 heterocycles. The van der Waals surface area contributed by atoms with Crippen molar-refractivity contribution in [1.82, 2.24) is 0 Å². The molecule has 0 unspecified atom stereocenters. The van der Waals surface area contributed by atoms with Crippen LogP contribution in [0.25, 0.3) is 0 Å². The first kappa shape index (κ1) is 20.8. The first-order valence-electron chi connectivity index (χ1n) is 8.90. The lowest BCUT2D eigenvalue weighted by Crippen LogP contribution is -2.30. The van der Waals surface area contributed by atoms with E-state index >= 15 is 0 Å². The fraction of sp³-hybridized carbons (Fsp3) is 0.286. The number of nitrogens with zero attached hydrogens (tertiary/aromatic N) is 1. The summed E-state index contributed by atoms with van der Waals surface area (Å²) in [4.78, 5) is 24.7. The zero-order valence-electron chi connectivity index (χ0n) is 16.0. The van der Waals surface area contributed by atoms with E-state index in [1.54, 1.807) is 36.4 Å². The Hall–Kier alpha value is -3.53. The molecule has 2 rings (SSSR count). The van der Waals surface area contributed by atoms with Crippen LogP contribution in [0.3, 0.4) is 0 Å². The Morgan fingerprint density at radius 3 is 2.43 bits per heavy atom. The summed E-state index contributed by atoms with van der Waals surface area (Å²) in [5.41, 5.74) is 0.920. The first-order valence-corrected chi connectivity index (χ1v) is 8.90. The Balaban J connectivity index is 2.08. The highest BCUT2D eigenvalue weighted by Crippen LogP contribution is 2.29. The quantitative estimate of drug-likeness (QED) is 0.701. The molecule has 1 atom stereocenters. The van der Waals surface area contributed by atoms with Crippen LogP contribution in [0.15, 0.2) is 42.5 Å². The number of esters is 1. The number of nitriles is 1. The van der Waals surface area contributed by atoms with Gasteiger partial charge >= 0.3 is 5.97 Å². The summed E-state index contributed by atoms with van der Waals surface area (Å²) in [6.07, 6.45) is -1.05. The maximum atomic E-state index is 12.4. The third-order valence-corrected chi connectivity index (χ3v) is 3.74. The van der Waals surface area contributed by atoms with Crippen LogP contribution < -0.4 is 14.8 Å².